The summed E-state index contributed by atoms with van der Waals surface area (Å²) in [5.41, 5.74) is 2.64. The fourth-order valence-electron chi connectivity index (χ4n) is 2.55. The van der Waals surface area contributed by atoms with Crippen molar-refractivity contribution in [3.8, 4) is 0 Å². The quantitative estimate of drug-likeness (QED) is 0.847. The molecule has 1 N–H and O–H groups in total. The second-order valence-corrected chi connectivity index (χ2v) is 5.29. The van der Waals surface area contributed by atoms with E-state index in [9.17, 15) is 4.79 Å². The molecule has 0 saturated heterocycles. The lowest BCUT2D eigenvalue weighted by molar-refractivity contribution is 0.467. The molecule has 0 fully saturated rings. The zero-order valence-corrected chi connectivity index (χ0v) is 12.9. The average Bonchev–Trinajstić information content (AvgIpc) is 2.50. The van der Waals surface area contributed by atoms with Crippen LogP contribution in [0.25, 0.3) is 0 Å². The van der Waals surface area contributed by atoms with Gasteiger partial charge in [0.25, 0.3) is 5.56 Å². The maximum Gasteiger partial charge on any atom is 0.250 e. The van der Waals surface area contributed by atoms with E-state index in [-0.39, 0.29) is 11.6 Å². The number of nitrogens with one attached hydrogen (secondary N) is 1. The first-order chi connectivity index (χ1) is 10.2. The standard InChI is InChI=1S/C18H24N2O/c1-3-7-15-9-11-16(12-10-15)17(19-4-2)14-20-13-6-5-8-18(20)21/h5-6,8-13,17,19H,3-4,7,14H2,1-2H3. The first-order valence-corrected chi connectivity index (χ1v) is 7.72. The van der Waals surface area contributed by atoms with Crippen LogP contribution in [0.1, 0.15) is 37.4 Å². The van der Waals surface area contributed by atoms with Crippen LogP contribution in [0.3, 0.4) is 0 Å². The van der Waals surface area contributed by atoms with Crippen molar-refractivity contribution in [2.24, 2.45) is 0 Å². The van der Waals surface area contributed by atoms with Gasteiger partial charge in [-0.1, -0.05) is 50.6 Å². The Bertz CT molecular complexity index is 601. The molecule has 2 aromatic rings. The van der Waals surface area contributed by atoms with Gasteiger partial charge in [-0.3, -0.25) is 4.79 Å². The van der Waals surface area contributed by atoms with Crippen molar-refractivity contribution < 1.29 is 0 Å². The molecule has 0 saturated carbocycles. The summed E-state index contributed by atoms with van der Waals surface area (Å²) >= 11 is 0. The molecule has 1 heterocycles. The van der Waals surface area contributed by atoms with Crippen molar-refractivity contribution in [1.29, 1.82) is 0 Å². The summed E-state index contributed by atoms with van der Waals surface area (Å²) in [5, 5.41) is 3.47. The van der Waals surface area contributed by atoms with E-state index in [0.29, 0.717) is 6.54 Å². The van der Waals surface area contributed by atoms with Gasteiger partial charge >= 0.3 is 0 Å². The number of nitrogens with zero attached hydrogens (tertiary/aromatic N) is 1. The Balaban J connectivity index is 2.18. The molecule has 0 aliphatic heterocycles. The largest absolute Gasteiger partial charge is 0.314 e. The Morgan fingerprint density at radius 3 is 2.48 bits per heavy atom. The Labute approximate surface area is 126 Å². The molecule has 3 heteroatoms. The van der Waals surface area contributed by atoms with Crippen molar-refractivity contribution in [2.45, 2.75) is 39.3 Å². The first-order valence-electron chi connectivity index (χ1n) is 7.72. The third-order valence-electron chi connectivity index (χ3n) is 3.65. The Morgan fingerprint density at radius 1 is 1.10 bits per heavy atom. The van der Waals surface area contributed by atoms with Gasteiger partial charge < -0.3 is 9.88 Å². The number of aryl methyl sites for hydroxylation is 1. The maximum atomic E-state index is 11.9. The van der Waals surface area contributed by atoms with Gasteiger partial charge in [0, 0.05) is 18.8 Å². The lowest BCUT2D eigenvalue weighted by Crippen LogP contribution is -2.29. The van der Waals surface area contributed by atoms with E-state index in [1.807, 2.05) is 12.3 Å². The van der Waals surface area contributed by atoms with Crippen LogP contribution < -0.4 is 10.9 Å². The summed E-state index contributed by atoms with van der Waals surface area (Å²) in [6.07, 6.45) is 4.12. The van der Waals surface area contributed by atoms with E-state index in [4.69, 9.17) is 0 Å². The Hall–Kier alpha value is -1.87. The fourth-order valence-corrected chi connectivity index (χ4v) is 2.55. The number of benzene rings is 1. The lowest BCUT2D eigenvalue weighted by Gasteiger charge is -2.20. The summed E-state index contributed by atoms with van der Waals surface area (Å²) in [6, 6.07) is 14.2. The van der Waals surface area contributed by atoms with Gasteiger partial charge in [-0.25, -0.2) is 0 Å². The number of hydrogen-bond donors (Lipinski definition) is 1. The highest BCUT2D eigenvalue weighted by Gasteiger charge is 2.11. The Kier molecular flexibility index (Phi) is 5.76. The van der Waals surface area contributed by atoms with E-state index < -0.39 is 0 Å². The third kappa shape index (κ3) is 4.30. The molecule has 2 rings (SSSR count). The van der Waals surface area contributed by atoms with Gasteiger partial charge in [-0.05, 0) is 30.2 Å². The minimum atomic E-state index is 0.0445. The van der Waals surface area contributed by atoms with E-state index in [1.54, 1.807) is 16.7 Å². The minimum Gasteiger partial charge on any atom is -0.314 e. The molecule has 21 heavy (non-hydrogen) atoms. The molecule has 1 atom stereocenters. The van der Waals surface area contributed by atoms with Crippen LogP contribution in [-0.2, 0) is 13.0 Å². The smallest absolute Gasteiger partial charge is 0.250 e. The summed E-state index contributed by atoms with van der Waals surface area (Å²) in [4.78, 5) is 11.9. The Morgan fingerprint density at radius 2 is 1.86 bits per heavy atom. The second kappa shape index (κ2) is 7.79. The fraction of sp³-hybridized carbons (Fsp3) is 0.389. The van der Waals surface area contributed by atoms with Gasteiger partial charge in [0.15, 0.2) is 0 Å². The molecule has 1 unspecified atom stereocenters. The predicted molar refractivity (Wildman–Crippen MR) is 87.6 cm³/mol. The molecule has 0 spiro atoms. The van der Waals surface area contributed by atoms with Crippen LogP contribution in [0.4, 0.5) is 0 Å². The topological polar surface area (TPSA) is 34.0 Å². The summed E-state index contributed by atoms with van der Waals surface area (Å²) in [6.45, 7) is 5.81. The van der Waals surface area contributed by atoms with Crippen LogP contribution >= 0.6 is 0 Å². The molecular weight excluding hydrogens is 260 g/mol. The molecule has 0 aliphatic carbocycles. The second-order valence-electron chi connectivity index (χ2n) is 5.29. The molecule has 0 radical (unpaired) electrons. The van der Waals surface area contributed by atoms with Crippen molar-refractivity contribution in [3.63, 3.8) is 0 Å². The molecule has 0 amide bonds. The molecule has 1 aromatic heterocycles. The van der Waals surface area contributed by atoms with Crippen LogP contribution in [0.5, 0.6) is 0 Å². The molecule has 0 aliphatic rings. The lowest BCUT2D eigenvalue weighted by atomic mass is 10.0. The highest BCUT2D eigenvalue weighted by Crippen LogP contribution is 2.16. The third-order valence-corrected chi connectivity index (χ3v) is 3.65. The number of hydrogen-bond acceptors (Lipinski definition) is 2. The van der Waals surface area contributed by atoms with E-state index in [2.05, 4.69) is 43.4 Å². The van der Waals surface area contributed by atoms with E-state index >= 15 is 0 Å². The average molecular weight is 284 g/mol. The van der Waals surface area contributed by atoms with E-state index in [0.717, 1.165) is 19.4 Å². The number of likely N-dealkylation sites (N-methyl/N-ethyl adjacent to an activating group) is 1. The minimum absolute atomic E-state index is 0.0445. The summed E-state index contributed by atoms with van der Waals surface area (Å²) < 4.78 is 1.76. The highest BCUT2D eigenvalue weighted by atomic mass is 16.1. The zero-order valence-electron chi connectivity index (χ0n) is 12.9. The van der Waals surface area contributed by atoms with Gasteiger partial charge in [-0.15, -0.1) is 0 Å². The van der Waals surface area contributed by atoms with Crippen molar-refractivity contribution in [1.82, 2.24) is 9.88 Å². The molecule has 1 aromatic carbocycles. The first kappa shape index (κ1) is 15.5. The predicted octanol–water partition coefficient (Wildman–Crippen LogP) is 3.15. The van der Waals surface area contributed by atoms with Crippen molar-refractivity contribution in [3.05, 3.63) is 70.1 Å². The van der Waals surface area contributed by atoms with Gasteiger partial charge in [0.2, 0.25) is 0 Å². The SMILES string of the molecule is CCCc1ccc(C(Cn2ccccc2=O)NCC)cc1. The number of pyridine rings is 1. The van der Waals surface area contributed by atoms with Gasteiger partial charge in [0.1, 0.15) is 0 Å². The zero-order chi connectivity index (χ0) is 15.1. The molecule has 0 bridgehead atoms. The van der Waals surface area contributed by atoms with Crippen molar-refractivity contribution in [2.75, 3.05) is 6.54 Å². The molecule has 3 nitrogen and oxygen atoms in total. The van der Waals surface area contributed by atoms with Crippen LogP contribution in [-0.4, -0.2) is 11.1 Å². The number of rotatable bonds is 7. The van der Waals surface area contributed by atoms with Gasteiger partial charge in [-0.2, -0.15) is 0 Å². The van der Waals surface area contributed by atoms with Crippen LogP contribution in [0, 0.1) is 0 Å². The van der Waals surface area contributed by atoms with Crippen molar-refractivity contribution >= 4 is 0 Å². The van der Waals surface area contributed by atoms with Crippen LogP contribution in [0.2, 0.25) is 0 Å². The highest BCUT2D eigenvalue weighted by molar-refractivity contribution is 5.25. The maximum absolute atomic E-state index is 11.9. The monoisotopic (exact) mass is 284 g/mol. The summed E-state index contributed by atoms with van der Waals surface area (Å²) in [7, 11) is 0. The number of aromatic nitrogens is 1. The van der Waals surface area contributed by atoms with E-state index in [1.165, 1.54) is 11.1 Å². The molecular formula is C18H24N2O. The van der Waals surface area contributed by atoms with Crippen LogP contribution in [0.15, 0.2) is 53.5 Å². The molecule has 112 valence electrons. The van der Waals surface area contributed by atoms with Gasteiger partial charge in [0.05, 0.1) is 6.04 Å². The normalized spacial score (nSPS) is 12.3. The summed E-state index contributed by atoms with van der Waals surface area (Å²) in [5.74, 6) is 0.